The number of rotatable bonds is 5. The Bertz CT molecular complexity index is 2270. The highest BCUT2D eigenvalue weighted by Crippen LogP contribution is 2.37. The molecule has 0 aliphatic carbocycles. The smallest absolute Gasteiger partial charge is 0.0991 e. The number of fused-ring (bicyclic) bond motifs is 3. The molecule has 0 atom stereocenters. The molecule has 0 saturated carbocycles. The molecular weight excluding hydrogens is 518 g/mol. The maximum absolute atomic E-state index is 9.27. The monoisotopic (exact) mass is 547 g/mol. The maximum Gasteiger partial charge on any atom is 0.0991 e. The molecule has 0 bridgehead atoms. The van der Waals surface area contributed by atoms with E-state index in [0.29, 0.717) is 5.56 Å². The lowest BCUT2D eigenvalue weighted by Gasteiger charge is -2.17. The molecule has 0 amide bonds. The van der Waals surface area contributed by atoms with Crippen molar-refractivity contribution in [1.29, 1.82) is 5.26 Å². The van der Waals surface area contributed by atoms with Crippen LogP contribution >= 0.6 is 0 Å². The Hall–Kier alpha value is -5.71. The van der Waals surface area contributed by atoms with Crippen molar-refractivity contribution >= 4 is 33.7 Å². The van der Waals surface area contributed by atoms with Crippen molar-refractivity contribution in [2.75, 3.05) is 0 Å². The molecule has 1 heteroatoms. The summed E-state index contributed by atoms with van der Waals surface area (Å²) in [5, 5.41) is 16.3. The van der Waals surface area contributed by atoms with E-state index < -0.39 is 0 Å². The van der Waals surface area contributed by atoms with Crippen molar-refractivity contribution in [2.45, 2.75) is 6.42 Å². The van der Waals surface area contributed by atoms with Crippen molar-refractivity contribution in [3.8, 4) is 17.2 Å². The molecule has 0 saturated heterocycles. The van der Waals surface area contributed by atoms with Gasteiger partial charge in [0.2, 0.25) is 0 Å². The van der Waals surface area contributed by atoms with Crippen molar-refractivity contribution < 1.29 is 0 Å². The van der Waals surface area contributed by atoms with E-state index in [1.54, 1.807) is 0 Å². The lowest BCUT2D eigenvalue weighted by molar-refractivity contribution is 1.18. The van der Waals surface area contributed by atoms with Crippen LogP contribution < -0.4 is 10.4 Å². The molecule has 0 aromatic heterocycles. The Kier molecular flexibility index (Phi) is 6.88. The summed E-state index contributed by atoms with van der Waals surface area (Å²) >= 11 is 0. The Morgan fingerprint density at radius 1 is 0.605 bits per heavy atom. The zero-order chi connectivity index (χ0) is 29.2. The Morgan fingerprint density at radius 2 is 1.30 bits per heavy atom. The summed E-state index contributed by atoms with van der Waals surface area (Å²) in [6.07, 6.45) is 0.766. The molecule has 0 fully saturated rings. The molecule has 0 radical (unpaired) electrons. The first-order valence-electron chi connectivity index (χ1n) is 14.6. The second-order valence-electron chi connectivity index (χ2n) is 10.9. The second-order valence-corrected chi connectivity index (χ2v) is 10.9. The molecule has 0 N–H and O–H groups in total. The molecule has 7 aromatic rings. The predicted octanol–water partition coefficient (Wildman–Crippen LogP) is 8.78. The van der Waals surface area contributed by atoms with Crippen LogP contribution in [0.5, 0.6) is 0 Å². The van der Waals surface area contributed by atoms with Crippen LogP contribution in [0.25, 0.3) is 44.8 Å². The van der Waals surface area contributed by atoms with Crippen LogP contribution in [0.2, 0.25) is 0 Å². The standard InChI is InChI=1S/C42H29N/c1-29-11-5-7-15-36(29)42(37-16-8-6-14-33(37)25-30-19-21-31(28-43)22-20-30)35-24-23-34-26-40(32-12-3-2-4-13-32)38-17-9-10-18-39(38)41(34)27-35/h2-24,26-27H,1,25H2/b42-36-. The summed E-state index contributed by atoms with van der Waals surface area (Å²) < 4.78 is 0. The van der Waals surface area contributed by atoms with E-state index in [0.717, 1.165) is 22.4 Å². The average Bonchev–Trinajstić information content (AvgIpc) is 3.07. The summed E-state index contributed by atoms with van der Waals surface area (Å²) in [6.45, 7) is 4.43. The van der Waals surface area contributed by atoms with Gasteiger partial charge in [0.25, 0.3) is 0 Å². The van der Waals surface area contributed by atoms with Crippen molar-refractivity contribution in [3.63, 3.8) is 0 Å². The van der Waals surface area contributed by atoms with Gasteiger partial charge in [-0.3, -0.25) is 0 Å². The molecule has 0 spiro atoms. The molecule has 0 unspecified atom stereocenters. The average molecular weight is 548 g/mol. The van der Waals surface area contributed by atoms with Gasteiger partial charge in [0.05, 0.1) is 11.6 Å². The second kappa shape index (κ2) is 11.3. The van der Waals surface area contributed by atoms with Gasteiger partial charge in [0.15, 0.2) is 0 Å². The first kappa shape index (κ1) is 26.2. The van der Waals surface area contributed by atoms with E-state index in [1.807, 2.05) is 18.2 Å². The molecule has 43 heavy (non-hydrogen) atoms. The van der Waals surface area contributed by atoms with E-state index in [4.69, 9.17) is 0 Å². The fraction of sp³-hybridized carbons (Fsp3) is 0.0238. The van der Waals surface area contributed by atoms with Crippen LogP contribution in [0.3, 0.4) is 0 Å². The van der Waals surface area contributed by atoms with Gasteiger partial charge in [0.1, 0.15) is 0 Å². The lowest BCUT2D eigenvalue weighted by Crippen LogP contribution is -2.26. The van der Waals surface area contributed by atoms with Crippen LogP contribution in [0.4, 0.5) is 0 Å². The summed E-state index contributed by atoms with van der Waals surface area (Å²) in [5.41, 5.74) is 9.07. The van der Waals surface area contributed by atoms with Crippen LogP contribution in [0, 0.1) is 11.3 Å². The fourth-order valence-corrected chi connectivity index (χ4v) is 6.17. The Balaban J connectivity index is 1.47. The molecular formula is C42H29N. The topological polar surface area (TPSA) is 23.8 Å². The van der Waals surface area contributed by atoms with Crippen LogP contribution in [-0.2, 0) is 6.42 Å². The SMILES string of the molecule is C=c1cccc/c1=C(\c1ccc2cc(-c3ccccc3)c3ccccc3c2c1)c1ccccc1Cc1ccc(C#N)cc1. The number of hydrogen-bond donors (Lipinski definition) is 0. The third-order valence-electron chi connectivity index (χ3n) is 8.29. The third kappa shape index (κ3) is 5.01. The summed E-state index contributed by atoms with van der Waals surface area (Å²) in [7, 11) is 0. The maximum atomic E-state index is 9.27. The van der Waals surface area contributed by atoms with Crippen molar-refractivity contribution in [3.05, 3.63) is 190 Å². The first-order chi connectivity index (χ1) is 21.2. The van der Waals surface area contributed by atoms with E-state index in [1.165, 1.54) is 54.9 Å². The number of nitrogens with zero attached hydrogens (tertiary/aromatic N) is 1. The van der Waals surface area contributed by atoms with Crippen molar-refractivity contribution in [2.24, 2.45) is 0 Å². The van der Waals surface area contributed by atoms with E-state index >= 15 is 0 Å². The number of hydrogen-bond acceptors (Lipinski definition) is 1. The van der Waals surface area contributed by atoms with Gasteiger partial charge in [-0.25, -0.2) is 0 Å². The summed E-state index contributed by atoms with van der Waals surface area (Å²) in [4.78, 5) is 0. The number of nitriles is 1. The van der Waals surface area contributed by atoms with E-state index in [2.05, 4.69) is 146 Å². The quantitative estimate of drug-likeness (QED) is 0.198. The van der Waals surface area contributed by atoms with Gasteiger partial charge in [-0.1, -0.05) is 134 Å². The van der Waals surface area contributed by atoms with Crippen molar-refractivity contribution in [1.82, 2.24) is 0 Å². The molecule has 202 valence electrons. The van der Waals surface area contributed by atoms with E-state index in [9.17, 15) is 5.26 Å². The Labute approximate surface area is 251 Å². The zero-order valence-electron chi connectivity index (χ0n) is 23.8. The molecule has 0 aliphatic heterocycles. The Morgan fingerprint density at radius 3 is 2.09 bits per heavy atom. The van der Waals surface area contributed by atoms with E-state index in [-0.39, 0.29) is 0 Å². The van der Waals surface area contributed by atoms with Gasteiger partial charge < -0.3 is 0 Å². The zero-order valence-corrected chi connectivity index (χ0v) is 23.8. The minimum atomic E-state index is 0.675. The predicted molar refractivity (Wildman–Crippen MR) is 180 cm³/mol. The van der Waals surface area contributed by atoms with Gasteiger partial charge in [-0.05, 0) is 102 Å². The number of benzene rings is 7. The van der Waals surface area contributed by atoms with Gasteiger partial charge in [-0.2, -0.15) is 5.26 Å². The minimum absolute atomic E-state index is 0.675. The largest absolute Gasteiger partial charge is 0.192 e. The summed E-state index contributed by atoms with van der Waals surface area (Å²) in [5.74, 6) is 0. The fourth-order valence-electron chi connectivity index (χ4n) is 6.17. The van der Waals surface area contributed by atoms with Crippen LogP contribution in [-0.4, -0.2) is 0 Å². The first-order valence-corrected chi connectivity index (χ1v) is 14.6. The van der Waals surface area contributed by atoms with Gasteiger partial charge in [0, 0.05) is 0 Å². The molecule has 7 rings (SSSR count). The van der Waals surface area contributed by atoms with Gasteiger partial charge in [-0.15, -0.1) is 0 Å². The minimum Gasteiger partial charge on any atom is -0.192 e. The highest BCUT2D eigenvalue weighted by atomic mass is 14.2. The summed E-state index contributed by atoms with van der Waals surface area (Å²) in [6, 6.07) is 55.7. The van der Waals surface area contributed by atoms with Gasteiger partial charge >= 0.3 is 0 Å². The normalized spacial score (nSPS) is 11.8. The molecule has 7 aromatic carbocycles. The van der Waals surface area contributed by atoms with Crippen LogP contribution in [0.1, 0.15) is 27.8 Å². The highest BCUT2D eigenvalue weighted by molar-refractivity contribution is 6.14. The lowest BCUT2D eigenvalue weighted by atomic mass is 9.87. The molecule has 0 aliphatic rings. The molecule has 1 nitrogen and oxygen atoms in total. The van der Waals surface area contributed by atoms with Crippen LogP contribution in [0.15, 0.2) is 152 Å². The highest BCUT2D eigenvalue weighted by Gasteiger charge is 2.15. The third-order valence-corrected chi connectivity index (χ3v) is 8.29. The molecule has 0 heterocycles.